The van der Waals surface area contributed by atoms with Crippen molar-refractivity contribution in [3.05, 3.63) is 52.8 Å². The summed E-state index contributed by atoms with van der Waals surface area (Å²) in [5.74, 6) is 1.09. The number of likely N-dealkylation sites (tertiary alicyclic amines) is 1. The molecule has 2 aromatic heterocycles. The van der Waals surface area contributed by atoms with Gasteiger partial charge in [0.1, 0.15) is 0 Å². The molecule has 5 heteroatoms. The fraction of sp³-hybridized carbons (Fsp3) is 0.481. The lowest BCUT2D eigenvalue weighted by Crippen LogP contribution is -2.55. The average Bonchev–Trinajstić information content (AvgIpc) is 3.11. The molecule has 0 spiro atoms. The Morgan fingerprint density at radius 2 is 1.88 bits per heavy atom. The maximum absolute atomic E-state index is 12.8. The average molecular weight is 431 g/mol. The molecule has 1 aromatic carbocycles. The van der Waals surface area contributed by atoms with E-state index in [-0.39, 0.29) is 11.9 Å². The van der Waals surface area contributed by atoms with Crippen molar-refractivity contribution in [1.82, 2.24) is 20.2 Å². The maximum Gasteiger partial charge on any atom is 0.239 e. The first-order chi connectivity index (χ1) is 15.4. The molecule has 2 atom stereocenters. The van der Waals surface area contributed by atoms with Crippen molar-refractivity contribution in [3.63, 3.8) is 0 Å². The van der Waals surface area contributed by atoms with E-state index in [9.17, 15) is 4.79 Å². The third-order valence-corrected chi connectivity index (χ3v) is 7.14. The van der Waals surface area contributed by atoms with Crippen molar-refractivity contribution in [2.24, 2.45) is 0 Å². The number of piperidine rings is 1. The summed E-state index contributed by atoms with van der Waals surface area (Å²) in [5.41, 5.74) is 8.41. The van der Waals surface area contributed by atoms with Crippen LogP contribution in [-0.4, -0.2) is 46.5 Å². The van der Waals surface area contributed by atoms with Crippen LogP contribution in [0, 0.1) is 13.8 Å². The molecule has 2 N–H and O–H groups in total. The Kier molecular flexibility index (Phi) is 5.54. The van der Waals surface area contributed by atoms with E-state index < -0.39 is 0 Å². The number of nitrogens with one attached hydrogen (secondary N) is 2. The van der Waals surface area contributed by atoms with E-state index in [1.807, 2.05) is 0 Å². The third-order valence-electron chi connectivity index (χ3n) is 7.14. The first-order valence-corrected chi connectivity index (χ1v) is 12.0. The second-order valence-electron chi connectivity index (χ2n) is 9.93. The van der Waals surface area contributed by atoms with Crippen LogP contribution < -0.4 is 5.32 Å². The molecule has 2 aliphatic rings. The van der Waals surface area contributed by atoms with Gasteiger partial charge >= 0.3 is 0 Å². The Balaban J connectivity index is 1.50. The summed E-state index contributed by atoms with van der Waals surface area (Å²) in [6.45, 7) is 11.3. The number of hydrogen-bond acceptors (Lipinski definition) is 3. The number of pyridine rings is 1. The summed E-state index contributed by atoms with van der Waals surface area (Å²) >= 11 is 0. The first-order valence-electron chi connectivity index (χ1n) is 12.0. The van der Waals surface area contributed by atoms with Gasteiger partial charge in [0.05, 0.1) is 11.7 Å². The van der Waals surface area contributed by atoms with Crippen molar-refractivity contribution in [3.8, 4) is 11.3 Å². The predicted octanol–water partition coefficient (Wildman–Crippen LogP) is 5.04. The van der Waals surface area contributed by atoms with Crippen molar-refractivity contribution in [1.29, 1.82) is 0 Å². The first kappa shape index (κ1) is 21.2. The summed E-state index contributed by atoms with van der Waals surface area (Å²) in [6.07, 6.45) is 3.19. The van der Waals surface area contributed by atoms with Crippen LogP contribution in [0.5, 0.6) is 0 Å². The fourth-order valence-electron chi connectivity index (χ4n) is 5.46. The van der Waals surface area contributed by atoms with Gasteiger partial charge in [0.15, 0.2) is 0 Å². The van der Waals surface area contributed by atoms with Crippen LogP contribution in [0.3, 0.4) is 0 Å². The van der Waals surface area contributed by atoms with Gasteiger partial charge in [0.2, 0.25) is 5.91 Å². The molecular formula is C27H34N4O. The van der Waals surface area contributed by atoms with Gasteiger partial charge in [-0.3, -0.25) is 9.78 Å². The zero-order chi connectivity index (χ0) is 22.4. The van der Waals surface area contributed by atoms with Gasteiger partial charge in [0, 0.05) is 46.9 Å². The van der Waals surface area contributed by atoms with Gasteiger partial charge in [-0.05, 0) is 81.0 Å². The highest BCUT2D eigenvalue weighted by molar-refractivity contribution is 5.92. The van der Waals surface area contributed by atoms with Gasteiger partial charge in [-0.25, -0.2) is 0 Å². The van der Waals surface area contributed by atoms with Crippen molar-refractivity contribution in [2.45, 2.75) is 64.8 Å². The number of hydrogen-bond donors (Lipinski definition) is 2. The summed E-state index contributed by atoms with van der Waals surface area (Å²) in [6, 6.07) is 11.3. The molecule has 4 heterocycles. The smallest absolute Gasteiger partial charge is 0.239 e. The Morgan fingerprint density at radius 3 is 2.53 bits per heavy atom. The number of rotatable bonds is 4. The summed E-state index contributed by atoms with van der Waals surface area (Å²) in [5, 5.41) is 4.58. The van der Waals surface area contributed by atoms with Crippen LogP contribution in [-0.2, 0) is 4.79 Å². The number of amides is 1. The molecule has 32 heavy (non-hydrogen) atoms. The van der Waals surface area contributed by atoms with Gasteiger partial charge in [-0.1, -0.05) is 19.9 Å². The molecular weight excluding hydrogens is 396 g/mol. The van der Waals surface area contributed by atoms with Crippen LogP contribution in [0.1, 0.15) is 67.5 Å². The van der Waals surface area contributed by atoms with E-state index in [1.165, 1.54) is 33.3 Å². The van der Waals surface area contributed by atoms with E-state index in [4.69, 9.17) is 0 Å². The van der Waals surface area contributed by atoms with Crippen LogP contribution in [0.2, 0.25) is 0 Å². The van der Waals surface area contributed by atoms with E-state index in [2.05, 4.69) is 78.2 Å². The topological polar surface area (TPSA) is 61.0 Å². The molecule has 5 nitrogen and oxygen atoms in total. The van der Waals surface area contributed by atoms with E-state index in [1.54, 1.807) is 0 Å². The van der Waals surface area contributed by atoms with Crippen LogP contribution in [0.25, 0.3) is 22.2 Å². The SMILES string of the molecule is Cc1cc(-c2[nH]c3ccc(C4CCCN(C(=O)[C@@H]5CCN5)C4)cc3c2C(C)C)cc(C)n1. The molecule has 2 saturated heterocycles. The largest absolute Gasteiger partial charge is 0.354 e. The number of fused-ring (bicyclic) bond motifs is 1. The second kappa shape index (κ2) is 8.36. The predicted molar refractivity (Wildman–Crippen MR) is 130 cm³/mol. The number of carbonyl (C=O) groups is 1. The lowest BCUT2D eigenvalue weighted by atomic mass is 9.88. The number of H-pyrrole nitrogens is 1. The molecule has 5 rings (SSSR count). The van der Waals surface area contributed by atoms with Crippen LogP contribution in [0.15, 0.2) is 30.3 Å². The minimum Gasteiger partial charge on any atom is -0.354 e. The quantitative estimate of drug-likeness (QED) is 0.610. The molecule has 168 valence electrons. The standard InChI is InChI=1S/C27H34N4O/c1-16(2)25-22-14-19(20-6-5-11-31(15-20)27(32)24-9-10-28-24)7-8-23(22)30-26(25)21-12-17(3)29-18(4)13-21/h7-8,12-14,16,20,24,28,30H,5-6,9-11,15H2,1-4H3/t20?,24-/m0/s1. The molecule has 0 aliphatic carbocycles. The molecule has 0 saturated carbocycles. The van der Waals surface area contributed by atoms with E-state index >= 15 is 0 Å². The summed E-state index contributed by atoms with van der Waals surface area (Å²) in [7, 11) is 0. The van der Waals surface area contributed by atoms with Gasteiger partial charge in [-0.15, -0.1) is 0 Å². The zero-order valence-corrected chi connectivity index (χ0v) is 19.7. The van der Waals surface area contributed by atoms with E-state index in [0.29, 0.717) is 11.8 Å². The minimum atomic E-state index is 0.0447. The van der Waals surface area contributed by atoms with Gasteiger partial charge in [0.25, 0.3) is 0 Å². The maximum atomic E-state index is 12.8. The van der Waals surface area contributed by atoms with Crippen LogP contribution >= 0.6 is 0 Å². The molecule has 2 aliphatic heterocycles. The van der Waals surface area contributed by atoms with Gasteiger partial charge in [-0.2, -0.15) is 0 Å². The molecule has 0 bridgehead atoms. The third kappa shape index (κ3) is 3.83. The Morgan fingerprint density at radius 1 is 1.12 bits per heavy atom. The number of aromatic amines is 1. The number of benzene rings is 1. The molecule has 3 aromatic rings. The lowest BCUT2D eigenvalue weighted by molar-refractivity contribution is -0.136. The zero-order valence-electron chi connectivity index (χ0n) is 19.7. The lowest BCUT2D eigenvalue weighted by Gasteiger charge is -2.38. The molecule has 2 fully saturated rings. The monoisotopic (exact) mass is 430 g/mol. The van der Waals surface area contributed by atoms with Gasteiger partial charge < -0.3 is 15.2 Å². The molecule has 1 amide bonds. The minimum absolute atomic E-state index is 0.0447. The van der Waals surface area contributed by atoms with Crippen molar-refractivity contribution < 1.29 is 4.79 Å². The van der Waals surface area contributed by atoms with Crippen LogP contribution in [0.4, 0.5) is 0 Å². The number of aromatic nitrogens is 2. The molecule has 0 radical (unpaired) electrons. The highest BCUT2D eigenvalue weighted by Gasteiger charge is 2.32. The summed E-state index contributed by atoms with van der Waals surface area (Å²) in [4.78, 5) is 23.1. The molecule has 1 unspecified atom stereocenters. The highest BCUT2D eigenvalue weighted by Crippen LogP contribution is 2.38. The second-order valence-corrected chi connectivity index (χ2v) is 9.93. The summed E-state index contributed by atoms with van der Waals surface area (Å²) < 4.78 is 0. The highest BCUT2D eigenvalue weighted by atomic mass is 16.2. The Labute approximate surface area is 190 Å². The normalized spacial score (nSPS) is 21.2. The number of nitrogens with zero attached hydrogens (tertiary/aromatic N) is 2. The fourth-order valence-corrected chi connectivity index (χ4v) is 5.46. The van der Waals surface area contributed by atoms with Crippen molar-refractivity contribution >= 4 is 16.8 Å². The number of aryl methyl sites for hydroxylation is 2. The number of carbonyl (C=O) groups excluding carboxylic acids is 1. The van der Waals surface area contributed by atoms with Crippen molar-refractivity contribution in [2.75, 3.05) is 19.6 Å². The Bertz CT molecular complexity index is 1140. The Hall–Kier alpha value is -2.66. The van der Waals surface area contributed by atoms with E-state index in [0.717, 1.165) is 50.3 Å².